The maximum absolute atomic E-state index is 13.5. The zero-order valence-corrected chi connectivity index (χ0v) is 20.6. The number of rotatable bonds is 11. The summed E-state index contributed by atoms with van der Waals surface area (Å²) in [6, 6.07) is 23.0. The first-order valence-electron chi connectivity index (χ1n) is 12.1. The van der Waals surface area contributed by atoms with Crippen LogP contribution in [-0.2, 0) is 33.8 Å². The highest BCUT2D eigenvalue weighted by atomic mass is 32.1. The van der Waals surface area contributed by atoms with E-state index in [9.17, 15) is 14.4 Å². The molecule has 1 unspecified atom stereocenters. The van der Waals surface area contributed by atoms with Crippen LogP contribution in [0.25, 0.3) is 0 Å². The van der Waals surface area contributed by atoms with Crippen molar-refractivity contribution in [1.82, 2.24) is 15.1 Å². The van der Waals surface area contributed by atoms with Crippen LogP contribution in [0.2, 0.25) is 0 Å². The van der Waals surface area contributed by atoms with E-state index in [4.69, 9.17) is 0 Å². The van der Waals surface area contributed by atoms with Gasteiger partial charge in [-0.15, -0.1) is 11.3 Å². The van der Waals surface area contributed by atoms with Crippen molar-refractivity contribution in [3.63, 3.8) is 0 Å². The number of hydrogen-bond donors (Lipinski definition) is 1. The van der Waals surface area contributed by atoms with E-state index >= 15 is 0 Å². The van der Waals surface area contributed by atoms with E-state index in [1.54, 1.807) is 21.1 Å². The molecular weight excluding hydrogens is 458 g/mol. The van der Waals surface area contributed by atoms with E-state index in [-0.39, 0.29) is 30.7 Å². The summed E-state index contributed by atoms with van der Waals surface area (Å²) in [6.45, 7) is 1.36. The molecule has 1 atom stereocenters. The maximum atomic E-state index is 13.5. The van der Waals surface area contributed by atoms with Gasteiger partial charge in [0.15, 0.2) is 0 Å². The van der Waals surface area contributed by atoms with Gasteiger partial charge in [-0.25, -0.2) is 0 Å². The second-order valence-electron chi connectivity index (χ2n) is 8.76. The lowest BCUT2D eigenvalue weighted by atomic mass is 10.0. The van der Waals surface area contributed by atoms with Crippen molar-refractivity contribution in [1.29, 1.82) is 0 Å². The Bertz CT molecular complexity index is 1100. The summed E-state index contributed by atoms with van der Waals surface area (Å²) in [5, 5.41) is 4.95. The highest BCUT2D eigenvalue weighted by Gasteiger charge is 2.40. The van der Waals surface area contributed by atoms with Crippen LogP contribution in [0.1, 0.15) is 28.8 Å². The number of piperazine rings is 1. The molecule has 7 heteroatoms. The van der Waals surface area contributed by atoms with Gasteiger partial charge in [-0.2, -0.15) is 0 Å². The number of carbonyl (C=O) groups is 3. The quantitative estimate of drug-likeness (QED) is 0.418. The monoisotopic (exact) mass is 489 g/mol. The number of hydrogen-bond acceptors (Lipinski definition) is 4. The minimum absolute atomic E-state index is 0.0222. The van der Waals surface area contributed by atoms with Crippen molar-refractivity contribution in [2.24, 2.45) is 0 Å². The summed E-state index contributed by atoms with van der Waals surface area (Å²) >= 11 is 1.63. The molecule has 0 spiro atoms. The van der Waals surface area contributed by atoms with Crippen molar-refractivity contribution in [3.05, 3.63) is 94.2 Å². The molecule has 0 aliphatic carbocycles. The second kappa shape index (κ2) is 12.3. The number of carbonyl (C=O) groups excluding carboxylic acids is 3. The lowest BCUT2D eigenvalue weighted by Crippen LogP contribution is -2.60. The first kappa shape index (κ1) is 24.7. The van der Waals surface area contributed by atoms with Crippen LogP contribution in [0, 0.1) is 0 Å². The van der Waals surface area contributed by atoms with Crippen LogP contribution in [0.5, 0.6) is 0 Å². The van der Waals surface area contributed by atoms with E-state index in [0.29, 0.717) is 26.1 Å². The van der Waals surface area contributed by atoms with Crippen LogP contribution in [0.4, 0.5) is 0 Å². The molecule has 1 aliphatic heterocycles. The normalized spacial score (nSPS) is 15.9. The molecule has 6 nitrogen and oxygen atoms in total. The van der Waals surface area contributed by atoms with Gasteiger partial charge >= 0.3 is 0 Å². The third kappa shape index (κ3) is 7.02. The molecular formula is C28H31N3O3S. The van der Waals surface area contributed by atoms with Gasteiger partial charge in [0.1, 0.15) is 12.6 Å². The lowest BCUT2D eigenvalue weighted by molar-refractivity contribution is -0.157. The number of aryl methyl sites for hydroxylation is 1. The minimum atomic E-state index is -0.783. The van der Waals surface area contributed by atoms with E-state index in [0.717, 1.165) is 23.3 Å². The van der Waals surface area contributed by atoms with Gasteiger partial charge in [0.2, 0.25) is 17.7 Å². The molecule has 0 bridgehead atoms. The standard InChI is InChI=1S/C28H31N3O3S/c32-26(29-16-7-13-22-9-3-1-4-10-22)19-25-28(34)30(20-23-11-5-2-6-12-23)21-27(33)31(25)17-15-24-14-8-18-35-24/h1-6,8-12,14,18,25H,7,13,15-17,19-21H2,(H,29,32). The summed E-state index contributed by atoms with van der Waals surface area (Å²) in [7, 11) is 0. The van der Waals surface area contributed by atoms with Crippen LogP contribution in [0.15, 0.2) is 78.2 Å². The minimum Gasteiger partial charge on any atom is -0.356 e. The molecule has 1 aromatic heterocycles. The summed E-state index contributed by atoms with van der Waals surface area (Å²) in [5.74, 6) is -0.482. The summed E-state index contributed by atoms with van der Waals surface area (Å²) in [6.07, 6.45) is 2.34. The Morgan fingerprint density at radius 1 is 0.914 bits per heavy atom. The molecule has 1 saturated heterocycles. The highest BCUT2D eigenvalue weighted by Crippen LogP contribution is 2.20. The fourth-order valence-corrected chi connectivity index (χ4v) is 5.06. The summed E-state index contributed by atoms with van der Waals surface area (Å²) < 4.78 is 0. The molecule has 0 saturated carbocycles. The molecule has 182 valence electrons. The number of benzene rings is 2. The van der Waals surface area contributed by atoms with E-state index in [1.807, 2.05) is 66.0 Å². The van der Waals surface area contributed by atoms with Crippen molar-refractivity contribution in [2.45, 2.75) is 38.3 Å². The Morgan fingerprint density at radius 3 is 2.31 bits per heavy atom. The van der Waals surface area contributed by atoms with E-state index < -0.39 is 6.04 Å². The third-order valence-corrected chi connectivity index (χ3v) is 7.14. The van der Waals surface area contributed by atoms with Gasteiger partial charge < -0.3 is 15.1 Å². The molecule has 1 N–H and O–H groups in total. The largest absolute Gasteiger partial charge is 0.356 e. The van der Waals surface area contributed by atoms with Crippen molar-refractivity contribution < 1.29 is 14.4 Å². The molecule has 2 aromatic carbocycles. The lowest BCUT2D eigenvalue weighted by Gasteiger charge is -2.40. The number of thiophene rings is 1. The van der Waals surface area contributed by atoms with Crippen molar-refractivity contribution >= 4 is 29.1 Å². The molecule has 1 aliphatic rings. The number of nitrogens with one attached hydrogen (secondary N) is 1. The maximum Gasteiger partial charge on any atom is 0.246 e. The first-order chi connectivity index (χ1) is 17.1. The summed E-state index contributed by atoms with van der Waals surface area (Å²) in [5.41, 5.74) is 2.19. The van der Waals surface area contributed by atoms with Gasteiger partial charge in [0, 0.05) is 24.5 Å². The van der Waals surface area contributed by atoms with Crippen LogP contribution >= 0.6 is 11.3 Å². The van der Waals surface area contributed by atoms with Gasteiger partial charge in [0.25, 0.3) is 0 Å². The Kier molecular flexibility index (Phi) is 8.68. The molecule has 2 heterocycles. The van der Waals surface area contributed by atoms with Crippen LogP contribution < -0.4 is 5.32 Å². The molecule has 3 aromatic rings. The van der Waals surface area contributed by atoms with Gasteiger partial charge in [-0.1, -0.05) is 66.7 Å². The van der Waals surface area contributed by atoms with Crippen LogP contribution in [0.3, 0.4) is 0 Å². The Hall–Kier alpha value is -3.45. The number of amides is 3. The van der Waals surface area contributed by atoms with E-state index in [2.05, 4.69) is 17.4 Å². The van der Waals surface area contributed by atoms with Gasteiger partial charge in [-0.3, -0.25) is 14.4 Å². The first-order valence-corrected chi connectivity index (χ1v) is 12.9. The fourth-order valence-electron chi connectivity index (χ4n) is 4.36. The average molecular weight is 490 g/mol. The summed E-state index contributed by atoms with van der Waals surface area (Å²) in [4.78, 5) is 43.7. The Labute approximate surface area is 210 Å². The second-order valence-corrected chi connectivity index (χ2v) is 9.79. The number of nitrogens with zero attached hydrogens (tertiary/aromatic N) is 2. The Morgan fingerprint density at radius 2 is 1.63 bits per heavy atom. The highest BCUT2D eigenvalue weighted by molar-refractivity contribution is 7.09. The predicted octanol–water partition coefficient (Wildman–Crippen LogP) is 3.67. The molecule has 3 amide bonds. The third-order valence-electron chi connectivity index (χ3n) is 6.20. The average Bonchev–Trinajstić information content (AvgIpc) is 3.39. The van der Waals surface area contributed by atoms with E-state index in [1.165, 1.54) is 5.56 Å². The van der Waals surface area contributed by atoms with Crippen molar-refractivity contribution in [2.75, 3.05) is 19.6 Å². The Balaban J connectivity index is 1.38. The molecule has 0 radical (unpaired) electrons. The SMILES string of the molecule is O=C(CC1C(=O)N(Cc2ccccc2)CC(=O)N1CCc1cccs1)NCCCc1ccccc1. The van der Waals surface area contributed by atoms with Crippen LogP contribution in [-0.4, -0.2) is 53.2 Å². The van der Waals surface area contributed by atoms with Gasteiger partial charge in [0.05, 0.1) is 6.42 Å². The topological polar surface area (TPSA) is 69.7 Å². The zero-order chi connectivity index (χ0) is 24.5. The fraction of sp³-hybridized carbons (Fsp3) is 0.321. The zero-order valence-electron chi connectivity index (χ0n) is 19.8. The van der Waals surface area contributed by atoms with Gasteiger partial charge in [-0.05, 0) is 41.8 Å². The molecule has 1 fully saturated rings. The molecule has 35 heavy (non-hydrogen) atoms. The molecule has 4 rings (SSSR count). The predicted molar refractivity (Wildman–Crippen MR) is 138 cm³/mol. The smallest absolute Gasteiger partial charge is 0.246 e. The van der Waals surface area contributed by atoms with Crippen molar-refractivity contribution in [3.8, 4) is 0 Å².